The lowest BCUT2D eigenvalue weighted by atomic mass is 10.4. The Morgan fingerprint density at radius 3 is 2.74 bits per heavy atom. The second kappa shape index (κ2) is 5.40. The van der Waals surface area contributed by atoms with Gasteiger partial charge in [-0.1, -0.05) is 35.0 Å². The van der Waals surface area contributed by atoms with Gasteiger partial charge in [-0.3, -0.25) is 14.8 Å². The van der Waals surface area contributed by atoms with Gasteiger partial charge in [0.1, 0.15) is 5.69 Å². The summed E-state index contributed by atoms with van der Waals surface area (Å²) in [6.07, 6.45) is 0. The summed E-state index contributed by atoms with van der Waals surface area (Å²) in [7, 11) is 1.65. The molecule has 0 amide bonds. The molecule has 1 heterocycles. The maximum absolute atomic E-state index is 11.1. The van der Waals surface area contributed by atoms with Gasteiger partial charge < -0.3 is 0 Å². The number of aromatic nitrogens is 2. The molecule has 2 rings (SSSR count). The average Bonchev–Trinajstić information content (AvgIpc) is 2.59. The fourth-order valence-electron chi connectivity index (χ4n) is 1.61. The third kappa shape index (κ3) is 2.86. The third-order valence-corrected chi connectivity index (χ3v) is 4.31. The van der Waals surface area contributed by atoms with E-state index in [2.05, 4.69) is 5.10 Å². The molecule has 0 spiro atoms. The maximum atomic E-state index is 11.1. The number of benzene rings is 1. The Kier molecular flexibility index (Phi) is 4.03. The molecule has 0 aliphatic rings. The van der Waals surface area contributed by atoms with E-state index in [-0.39, 0.29) is 5.69 Å². The lowest BCUT2D eigenvalue weighted by Gasteiger charge is -2.04. The van der Waals surface area contributed by atoms with Gasteiger partial charge in [0.2, 0.25) is 0 Å². The molecule has 0 saturated carbocycles. The normalized spacial score (nSPS) is 10.7. The Morgan fingerprint density at radius 2 is 2.11 bits per heavy atom. The number of nitrogens with zero attached hydrogens (tertiary/aromatic N) is 3. The van der Waals surface area contributed by atoms with Crippen LogP contribution in [0, 0.1) is 17.0 Å². The molecule has 8 heteroatoms. The molecule has 1 aromatic carbocycles. The van der Waals surface area contributed by atoms with Crippen LogP contribution in [0.15, 0.2) is 28.1 Å². The van der Waals surface area contributed by atoms with E-state index >= 15 is 0 Å². The monoisotopic (exact) mass is 317 g/mol. The summed E-state index contributed by atoms with van der Waals surface area (Å²) >= 11 is 13.1. The number of aryl methyl sites for hydroxylation is 2. The molecule has 1 aromatic heterocycles. The molecule has 0 atom stereocenters. The predicted octanol–water partition coefficient (Wildman–Crippen LogP) is 4.09. The van der Waals surface area contributed by atoms with Crippen LogP contribution in [-0.2, 0) is 7.05 Å². The molecule has 0 aliphatic heterocycles. The largest absolute Gasteiger partial charge is 0.324 e. The van der Waals surface area contributed by atoms with Crippen LogP contribution >= 0.6 is 35.0 Å². The minimum absolute atomic E-state index is 0.0106. The van der Waals surface area contributed by atoms with Crippen molar-refractivity contribution in [2.24, 2.45) is 7.05 Å². The number of hydrogen-bond donors (Lipinski definition) is 0. The summed E-state index contributed by atoms with van der Waals surface area (Å²) in [5.41, 5.74) is 0.358. The van der Waals surface area contributed by atoms with E-state index in [1.165, 1.54) is 16.4 Å². The number of halogens is 2. The van der Waals surface area contributed by atoms with Crippen LogP contribution in [0.5, 0.6) is 0 Å². The summed E-state index contributed by atoms with van der Waals surface area (Å²) in [5.74, 6) is 0. The Hall–Kier alpha value is -1.24. The van der Waals surface area contributed by atoms with Crippen molar-refractivity contribution in [1.29, 1.82) is 0 Å². The van der Waals surface area contributed by atoms with Gasteiger partial charge in [0, 0.05) is 17.0 Å². The van der Waals surface area contributed by atoms with Crippen molar-refractivity contribution in [2.45, 2.75) is 16.8 Å². The minimum atomic E-state index is -0.441. The zero-order valence-electron chi connectivity index (χ0n) is 10.1. The van der Waals surface area contributed by atoms with Crippen LogP contribution in [0.3, 0.4) is 0 Å². The summed E-state index contributed by atoms with van der Waals surface area (Å²) in [6, 6.07) is 4.98. The van der Waals surface area contributed by atoms with E-state index in [9.17, 15) is 10.1 Å². The van der Waals surface area contributed by atoms with E-state index in [0.29, 0.717) is 25.7 Å². The molecule has 0 bridgehead atoms. The zero-order valence-corrected chi connectivity index (χ0v) is 12.4. The SMILES string of the molecule is Cc1nn(C)c(Sc2cc(Cl)ccc2Cl)c1[N+](=O)[O-]. The Balaban J connectivity index is 2.49. The smallest absolute Gasteiger partial charge is 0.258 e. The van der Waals surface area contributed by atoms with Crippen molar-refractivity contribution in [1.82, 2.24) is 9.78 Å². The van der Waals surface area contributed by atoms with E-state index < -0.39 is 4.92 Å². The van der Waals surface area contributed by atoms with Crippen molar-refractivity contribution in [3.63, 3.8) is 0 Å². The van der Waals surface area contributed by atoms with Crippen molar-refractivity contribution < 1.29 is 4.92 Å². The van der Waals surface area contributed by atoms with E-state index in [1.807, 2.05) is 0 Å². The van der Waals surface area contributed by atoms with Crippen LogP contribution in [0.1, 0.15) is 5.69 Å². The molecule has 0 unspecified atom stereocenters. The van der Waals surface area contributed by atoms with Gasteiger partial charge in [-0.15, -0.1) is 0 Å². The summed E-state index contributed by atoms with van der Waals surface area (Å²) in [4.78, 5) is 11.3. The zero-order chi connectivity index (χ0) is 14.2. The highest BCUT2D eigenvalue weighted by Crippen LogP contribution is 2.40. The fourth-order valence-corrected chi connectivity index (χ4v) is 3.13. The first-order valence-corrected chi connectivity index (χ1v) is 6.78. The molecule has 0 saturated heterocycles. The van der Waals surface area contributed by atoms with Crippen molar-refractivity contribution >= 4 is 40.7 Å². The van der Waals surface area contributed by atoms with Gasteiger partial charge in [-0.25, -0.2) is 0 Å². The highest BCUT2D eigenvalue weighted by molar-refractivity contribution is 7.99. The number of hydrogen-bond acceptors (Lipinski definition) is 4. The van der Waals surface area contributed by atoms with Gasteiger partial charge >= 0.3 is 5.69 Å². The first-order chi connectivity index (χ1) is 8.90. The molecule has 0 radical (unpaired) electrons. The van der Waals surface area contributed by atoms with Crippen LogP contribution in [0.2, 0.25) is 10.0 Å². The van der Waals surface area contributed by atoms with Gasteiger partial charge in [0.25, 0.3) is 0 Å². The molecule has 0 fully saturated rings. The second-order valence-corrected chi connectivity index (χ2v) is 5.67. The standard InChI is InChI=1S/C11H9Cl2N3O2S/c1-6-10(16(17)18)11(15(2)14-6)19-9-5-7(12)3-4-8(9)13/h3-5H,1-2H3. The number of rotatable bonds is 3. The fraction of sp³-hybridized carbons (Fsp3) is 0.182. The highest BCUT2D eigenvalue weighted by atomic mass is 35.5. The maximum Gasteiger partial charge on any atom is 0.324 e. The first-order valence-electron chi connectivity index (χ1n) is 5.21. The van der Waals surface area contributed by atoms with Gasteiger partial charge in [0.15, 0.2) is 5.03 Å². The predicted molar refractivity (Wildman–Crippen MR) is 75.2 cm³/mol. The van der Waals surface area contributed by atoms with Crippen LogP contribution in [0.25, 0.3) is 0 Å². The van der Waals surface area contributed by atoms with Crippen molar-refractivity contribution in [3.05, 3.63) is 44.1 Å². The molecule has 19 heavy (non-hydrogen) atoms. The summed E-state index contributed by atoms with van der Waals surface area (Å²) in [6.45, 7) is 1.60. The summed E-state index contributed by atoms with van der Waals surface area (Å²) < 4.78 is 1.47. The Bertz CT molecular complexity index is 658. The topological polar surface area (TPSA) is 61.0 Å². The summed E-state index contributed by atoms with van der Waals surface area (Å²) in [5, 5.41) is 16.6. The van der Waals surface area contributed by atoms with E-state index in [0.717, 1.165) is 0 Å². The van der Waals surface area contributed by atoms with Gasteiger partial charge in [0.05, 0.1) is 9.95 Å². The quantitative estimate of drug-likeness (QED) is 0.631. The van der Waals surface area contributed by atoms with Crippen molar-refractivity contribution in [2.75, 3.05) is 0 Å². The van der Waals surface area contributed by atoms with E-state index in [4.69, 9.17) is 23.2 Å². The van der Waals surface area contributed by atoms with E-state index in [1.54, 1.807) is 32.2 Å². The van der Waals surface area contributed by atoms with Gasteiger partial charge in [-0.05, 0) is 25.1 Å². The first kappa shape index (κ1) is 14.2. The molecule has 0 aliphatic carbocycles. The van der Waals surface area contributed by atoms with Crippen molar-refractivity contribution in [3.8, 4) is 0 Å². The van der Waals surface area contributed by atoms with Crippen LogP contribution < -0.4 is 0 Å². The third-order valence-electron chi connectivity index (χ3n) is 2.42. The molecule has 0 N–H and O–H groups in total. The highest BCUT2D eigenvalue weighted by Gasteiger charge is 2.25. The lowest BCUT2D eigenvalue weighted by molar-refractivity contribution is -0.388. The average molecular weight is 318 g/mol. The van der Waals surface area contributed by atoms with Crippen LogP contribution in [0.4, 0.5) is 5.69 Å². The van der Waals surface area contributed by atoms with Crippen LogP contribution in [-0.4, -0.2) is 14.7 Å². The molecular formula is C11H9Cl2N3O2S. The molecule has 100 valence electrons. The number of nitro groups is 1. The Morgan fingerprint density at radius 1 is 1.42 bits per heavy atom. The lowest BCUT2D eigenvalue weighted by Crippen LogP contribution is -1.94. The Labute approximate surface area is 123 Å². The minimum Gasteiger partial charge on any atom is -0.258 e. The molecule has 5 nitrogen and oxygen atoms in total. The van der Waals surface area contributed by atoms with Gasteiger partial charge in [-0.2, -0.15) is 5.10 Å². The molecule has 2 aromatic rings. The second-order valence-electron chi connectivity index (χ2n) is 3.80. The molecular weight excluding hydrogens is 309 g/mol.